The molecule has 4 nitrogen and oxygen atoms in total. The van der Waals surface area contributed by atoms with E-state index in [0.717, 1.165) is 25.9 Å². The number of aromatic nitrogens is 2. The number of hydrogen-bond donors (Lipinski definition) is 1. The van der Waals surface area contributed by atoms with Crippen molar-refractivity contribution in [3.8, 4) is 0 Å². The van der Waals surface area contributed by atoms with Crippen LogP contribution in [0.3, 0.4) is 0 Å². The van der Waals surface area contributed by atoms with Crippen LogP contribution < -0.4 is 4.90 Å². The van der Waals surface area contributed by atoms with Crippen molar-refractivity contribution >= 4 is 17.5 Å². The molecule has 1 aliphatic heterocycles. The van der Waals surface area contributed by atoms with Gasteiger partial charge in [-0.3, -0.25) is 0 Å². The maximum absolute atomic E-state index is 9.12. The summed E-state index contributed by atoms with van der Waals surface area (Å²) < 4.78 is 0. The van der Waals surface area contributed by atoms with Crippen LogP contribution in [0.2, 0.25) is 5.15 Å². The van der Waals surface area contributed by atoms with Crippen molar-refractivity contribution in [2.45, 2.75) is 12.8 Å². The van der Waals surface area contributed by atoms with Crippen molar-refractivity contribution in [3.05, 3.63) is 17.4 Å². The molecule has 1 aromatic heterocycles. The Bertz CT molecular complexity index is 334. The van der Waals surface area contributed by atoms with Gasteiger partial charge in [-0.05, 0) is 24.8 Å². The molecule has 1 aliphatic rings. The van der Waals surface area contributed by atoms with Gasteiger partial charge in [0.25, 0.3) is 0 Å². The maximum atomic E-state index is 9.12. The van der Waals surface area contributed by atoms with Crippen LogP contribution in [-0.2, 0) is 0 Å². The van der Waals surface area contributed by atoms with Gasteiger partial charge in [-0.1, -0.05) is 11.6 Å². The molecule has 2 rings (SSSR count). The molecule has 1 aromatic rings. The molecule has 1 fully saturated rings. The number of aliphatic hydroxyl groups is 1. The highest BCUT2D eigenvalue weighted by Gasteiger charge is 2.20. The molecule has 15 heavy (non-hydrogen) atoms. The molecule has 0 bridgehead atoms. The first-order valence-electron chi connectivity index (χ1n) is 5.14. The molecule has 0 amide bonds. The summed E-state index contributed by atoms with van der Waals surface area (Å²) in [6.45, 7) is 1.99. The van der Waals surface area contributed by atoms with E-state index in [-0.39, 0.29) is 6.61 Å². The topological polar surface area (TPSA) is 49.2 Å². The van der Waals surface area contributed by atoms with Crippen LogP contribution in [0.15, 0.2) is 12.3 Å². The zero-order chi connectivity index (χ0) is 10.7. The highest BCUT2D eigenvalue weighted by Crippen LogP contribution is 2.20. The summed E-state index contributed by atoms with van der Waals surface area (Å²) in [4.78, 5) is 10.4. The molecule has 0 aliphatic carbocycles. The Morgan fingerprint density at radius 1 is 1.60 bits per heavy atom. The van der Waals surface area contributed by atoms with E-state index < -0.39 is 0 Å². The van der Waals surface area contributed by atoms with Gasteiger partial charge in [-0.25, -0.2) is 9.97 Å². The Hall–Kier alpha value is -0.870. The van der Waals surface area contributed by atoms with Gasteiger partial charge in [0.05, 0.1) is 0 Å². The van der Waals surface area contributed by atoms with Gasteiger partial charge in [0, 0.05) is 25.9 Å². The van der Waals surface area contributed by atoms with Crippen molar-refractivity contribution < 1.29 is 5.11 Å². The van der Waals surface area contributed by atoms with Crippen molar-refractivity contribution in [1.29, 1.82) is 0 Å². The fourth-order valence-electron chi connectivity index (χ4n) is 1.88. The summed E-state index contributed by atoms with van der Waals surface area (Å²) in [6, 6.07) is 1.67. The molecule has 82 valence electrons. The number of hydrogen-bond acceptors (Lipinski definition) is 4. The summed E-state index contributed by atoms with van der Waals surface area (Å²) in [7, 11) is 0. The number of rotatable bonds is 2. The summed E-state index contributed by atoms with van der Waals surface area (Å²) in [6.07, 6.45) is 3.81. The monoisotopic (exact) mass is 227 g/mol. The van der Waals surface area contributed by atoms with E-state index in [2.05, 4.69) is 14.9 Å². The van der Waals surface area contributed by atoms with Gasteiger partial charge in [-0.15, -0.1) is 0 Å². The van der Waals surface area contributed by atoms with Crippen molar-refractivity contribution in [3.63, 3.8) is 0 Å². The van der Waals surface area contributed by atoms with Crippen LogP contribution in [0.25, 0.3) is 0 Å². The highest BCUT2D eigenvalue weighted by atomic mass is 35.5. The minimum atomic E-state index is 0.233. The average molecular weight is 228 g/mol. The smallest absolute Gasteiger partial charge is 0.226 e. The lowest BCUT2D eigenvalue weighted by molar-refractivity contribution is 0.208. The quantitative estimate of drug-likeness (QED) is 0.775. The fourth-order valence-corrected chi connectivity index (χ4v) is 2.01. The van der Waals surface area contributed by atoms with Gasteiger partial charge < -0.3 is 10.0 Å². The Morgan fingerprint density at radius 2 is 2.47 bits per heavy atom. The molecule has 0 aromatic carbocycles. The predicted molar refractivity (Wildman–Crippen MR) is 59.1 cm³/mol. The lowest BCUT2D eigenvalue weighted by atomic mass is 9.99. The second-order valence-corrected chi connectivity index (χ2v) is 4.20. The Balaban J connectivity index is 2.09. The number of aliphatic hydroxyl groups excluding tert-OH is 1. The third-order valence-electron chi connectivity index (χ3n) is 2.67. The van der Waals surface area contributed by atoms with E-state index in [9.17, 15) is 0 Å². The summed E-state index contributed by atoms with van der Waals surface area (Å²) in [5.74, 6) is 1.00. The van der Waals surface area contributed by atoms with Gasteiger partial charge in [0.15, 0.2) is 0 Å². The normalized spacial score (nSPS) is 21.7. The molecular formula is C10H14ClN3O. The summed E-state index contributed by atoms with van der Waals surface area (Å²) in [5, 5.41) is 9.58. The third kappa shape index (κ3) is 2.58. The Labute approximate surface area is 93.9 Å². The fraction of sp³-hybridized carbons (Fsp3) is 0.600. The molecule has 1 atom stereocenters. The first-order valence-corrected chi connectivity index (χ1v) is 5.52. The zero-order valence-electron chi connectivity index (χ0n) is 8.43. The average Bonchev–Trinajstić information content (AvgIpc) is 2.29. The lowest BCUT2D eigenvalue weighted by Gasteiger charge is -2.31. The minimum absolute atomic E-state index is 0.233. The SMILES string of the molecule is OCC1CCCN(c2nccc(Cl)n2)C1. The molecule has 1 saturated heterocycles. The van der Waals surface area contributed by atoms with E-state index in [4.69, 9.17) is 16.7 Å². The molecule has 2 heterocycles. The van der Waals surface area contributed by atoms with Crippen LogP contribution in [0.4, 0.5) is 5.95 Å². The number of halogens is 1. The Kier molecular flexibility index (Phi) is 3.38. The molecule has 0 saturated carbocycles. The van der Waals surface area contributed by atoms with Gasteiger partial charge in [0.2, 0.25) is 5.95 Å². The largest absolute Gasteiger partial charge is 0.396 e. The zero-order valence-corrected chi connectivity index (χ0v) is 9.19. The lowest BCUT2D eigenvalue weighted by Crippen LogP contribution is -2.37. The van der Waals surface area contributed by atoms with Gasteiger partial charge in [-0.2, -0.15) is 0 Å². The number of nitrogens with zero attached hydrogens (tertiary/aromatic N) is 3. The van der Waals surface area contributed by atoms with Gasteiger partial charge in [0.1, 0.15) is 5.15 Å². The van der Waals surface area contributed by atoms with Crippen LogP contribution in [0.5, 0.6) is 0 Å². The van der Waals surface area contributed by atoms with E-state index in [1.165, 1.54) is 0 Å². The van der Waals surface area contributed by atoms with E-state index >= 15 is 0 Å². The summed E-state index contributed by atoms with van der Waals surface area (Å²) in [5.41, 5.74) is 0. The Morgan fingerprint density at radius 3 is 3.20 bits per heavy atom. The standard InChI is InChI=1S/C10H14ClN3O/c11-9-3-4-12-10(13-9)14-5-1-2-8(6-14)7-15/h3-4,8,15H,1-2,5-7H2. The van der Waals surface area contributed by atoms with Gasteiger partial charge >= 0.3 is 0 Å². The van der Waals surface area contributed by atoms with Crippen LogP contribution in [0, 0.1) is 5.92 Å². The van der Waals surface area contributed by atoms with Crippen molar-refractivity contribution in [1.82, 2.24) is 9.97 Å². The minimum Gasteiger partial charge on any atom is -0.396 e. The van der Waals surface area contributed by atoms with Crippen LogP contribution >= 0.6 is 11.6 Å². The molecule has 0 spiro atoms. The molecule has 1 N–H and O–H groups in total. The number of piperidine rings is 1. The first kappa shape index (κ1) is 10.6. The first-order chi connectivity index (χ1) is 7.29. The predicted octanol–water partition coefficient (Wildman–Crippen LogP) is 1.34. The molecule has 1 unspecified atom stereocenters. The van der Waals surface area contributed by atoms with Crippen LogP contribution in [0.1, 0.15) is 12.8 Å². The summed E-state index contributed by atoms with van der Waals surface area (Å²) >= 11 is 5.81. The molecule has 5 heteroatoms. The highest BCUT2D eigenvalue weighted by molar-refractivity contribution is 6.29. The van der Waals surface area contributed by atoms with Crippen molar-refractivity contribution in [2.75, 3.05) is 24.6 Å². The maximum Gasteiger partial charge on any atom is 0.226 e. The van der Waals surface area contributed by atoms with E-state index in [0.29, 0.717) is 17.0 Å². The van der Waals surface area contributed by atoms with Crippen LogP contribution in [-0.4, -0.2) is 34.8 Å². The van der Waals surface area contributed by atoms with Crippen molar-refractivity contribution in [2.24, 2.45) is 5.92 Å². The third-order valence-corrected chi connectivity index (χ3v) is 2.88. The second-order valence-electron chi connectivity index (χ2n) is 3.82. The number of anilines is 1. The van der Waals surface area contributed by atoms with E-state index in [1.54, 1.807) is 12.3 Å². The molecule has 0 radical (unpaired) electrons. The van der Waals surface area contributed by atoms with E-state index in [1.807, 2.05) is 0 Å². The molecular weight excluding hydrogens is 214 g/mol. The second kappa shape index (κ2) is 4.77.